The van der Waals surface area contributed by atoms with Crippen LogP contribution in [-0.4, -0.2) is 16.5 Å². The summed E-state index contributed by atoms with van der Waals surface area (Å²) in [5, 5.41) is 1.30. The van der Waals surface area contributed by atoms with E-state index in [-0.39, 0.29) is 0 Å². The molecule has 0 saturated heterocycles. The Morgan fingerprint density at radius 2 is 1.63 bits per heavy atom. The Morgan fingerprint density at radius 3 is 2.47 bits per heavy atom. The lowest BCUT2D eigenvalue weighted by atomic mass is 10.2. The van der Waals surface area contributed by atoms with Crippen LogP contribution in [0.15, 0.2) is 66.9 Å². The second kappa shape index (κ2) is 5.29. The molecule has 19 heavy (non-hydrogen) atoms. The highest BCUT2D eigenvalue weighted by Gasteiger charge is 2.04. The van der Waals surface area contributed by atoms with Crippen molar-refractivity contribution in [2.45, 2.75) is 13.2 Å². The summed E-state index contributed by atoms with van der Waals surface area (Å²) in [4.78, 5) is 2.32. The van der Waals surface area contributed by atoms with E-state index in [1.807, 2.05) is 0 Å². The van der Waals surface area contributed by atoms with Gasteiger partial charge >= 0.3 is 0 Å². The quantitative estimate of drug-likeness (QED) is 0.685. The molecule has 3 rings (SSSR count). The Labute approximate surface area is 113 Å². The van der Waals surface area contributed by atoms with Crippen molar-refractivity contribution in [3.63, 3.8) is 0 Å². The molecular weight excluding hydrogens is 232 g/mol. The normalized spacial score (nSPS) is 11.3. The van der Waals surface area contributed by atoms with Crippen LogP contribution in [0.1, 0.15) is 5.56 Å². The van der Waals surface area contributed by atoms with Crippen molar-refractivity contribution in [2.75, 3.05) is 7.05 Å². The van der Waals surface area contributed by atoms with Crippen molar-refractivity contribution >= 4 is 10.9 Å². The third-order valence-electron chi connectivity index (χ3n) is 3.37. The molecule has 3 aromatic rings. The molecular formula is C17H18N2. The zero-order valence-corrected chi connectivity index (χ0v) is 11.2. The standard InChI is InChI=1S/C17H18N2/c1-18(13-15-7-3-2-4-8-15)14-19-12-11-16-9-5-6-10-17(16)19/h2-12H,13-14H2,1H3. The highest BCUT2D eigenvalue weighted by atomic mass is 15.2. The average Bonchev–Trinajstić information content (AvgIpc) is 2.83. The summed E-state index contributed by atoms with van der Waals surface area (Å²) >= 11 is 0. The Hall–Kier alpha value is -2.06. The summed E-state index contributed by atoms with van der Waals surface area (Å²) in [7, 11) is 2.15. The van der Waals surface area contributed by atoms with Crippen LogP contribution in [0.2, 0.25) is 0 Å². The van der Waals surface area contributed by atoms with Crippen molar-refractivity contribution in [2.24, 2.45) is 0 Å². The molecule has 0 saturated carbocycles. The number of fused-ring (bicyclic) bond motifs is 1. The van der Waals surface area contributed by atoms with Crippen LogP contribution in [0.5, 0.6) is 0 Å². The number of hydrogen-bond donors (Lipinski definition) is 0. The summed E-state index contributed by atoms with van der Waals surface area (Å²) < 4.78 is 2.29. The summed E-state index contributed by atoms with van der Waals surface area (Å²) in [6, 6.07) is 21.3. The molecule has 96 valence electrons. The number of para-hydroxylation sites is 1. The monoisotopic (exact) mass is 250 g/mol. The summed E-state index contributed by atoms with van der Waals surface area (Å²) in [6.45, 7) is 1.87. The molecule has 0 atom stereocenters. The van der Waals surface area contributed by atoms with Crippen LogP contribution >= 0.6 is 0 Å². The fourth-order valence-electron chi connectivity index (χ4n) is 2.47. The van der Waals surface area contributed by atoms with Gasteiger partial charge in [-0.05, 0) is 30.1 Å². The van der Waals surface area contributed by atoms with Crippen LogP contribution in [0.4, 0.5) is 0 Å². The predicted octanol–water partition coefficient (Wildman–Crippen LogP) is 3.73. The molecule has 0 N–H and O–H groups in total. The Kier molecular flexibility index (Phi) is 3.34. The van der Waals surface area contributed by atoms with Gasteiger partial charge in [-0.15, -0.1) is 0 Å². The molecule has 0 amide bonds. The zero-order valence-electron chi connectivity index (χ0n) is 11.2. The molecule has 2 aromatic carbocycles. The fourth-order valence-corrected chi connectivity index (χ4v) is 2.47. The number of benzene rings is 2. The maximum absolute atomic E-state index is 2.32. The van der Waals surface area contributed by atoms with E-state index in [0.717, 1.165) is 13.2 Å². The first kappa shape index (κ1) is 12.0. The summed E-state index contributed by atoms with van der Waals surface area (Å²) in [5.41, 5.74) is 2.64. The van der Waals surface area contributed by atoms with Crippen molar-refractivity contribution in [1.82, 2.24) is 9.47 Å². The first-order valence-corrected chi connectivity index (χ1v) is 6.59. The molecule has 0 spiro atoms. The fraction of sp³-hybridized carbons (Fsp3) is 0.176. The second-order valence-corrected chi connectivity index (χ2v) is 4.99. The van der Waals surface area contributed by atoms with Crippen molar-refractivity contribution < 1.29 is 0 Å². The van der Waals surface area contributed by atoms with E-state index in [2.05, 4.69) is 83.4 Å². The first-order chi connectivity index (χ1) is 9.33. The second-order valence-electron chi connectivity index (χ2n) is 4.99. The molecule has 0 unspecified atom stereocenters. The molecule has 0 aliphatic heterocycles. The number of nitrogens with zero attached hydrogens (tertiary/aromatic N) is 2. The molecule has 1 heterocycles. The van der Waals surface area contributed by atoms with Crippen molar-refractivity contribution in [3.8, 4) is 0 Å². The molecule has 1 aromatic heterocycles. The lowest BCUT2D eigenvalue weighted by Crippen LogP contribution is -2.20. The number of aromatic nitrogens is 1. The van der Waals surface area contributed by atoms with Gasteiger partial charge in [0.25, 0.3) is 0 Å². The lowest BCUT2D eigenvalue weighted by Gasteiger charge is -2.18. The van der Waals surface area contributed by atoms with Gasteiger partial charge in [0.05, 0.1) is 6.67 Å². The Morgan fingerprint density at radius 1 is 0.895 bits per heavy atom. The zero-order chi connectivity index (χ0) is 13.1. The topological polar surface area (TPSA) is 8.17 Å². The molecule has 0 fully saturated rings. The maximum atomic E-state index is 2.32. The van der Waals surface area contributed by atoms with Gasteiger partial charge in [-0.1, -0.05) is 48.5 Å². The van der Waals surface area contributed by atoms with E-state index < -0.39 is 0 Å². The highest BCUT2D eigenvalue weighted by Crippen LogP contribution is 2.15. The van der Waals surface area contributed by atoms with E-state index in [4.69, 9.17) is 0 Å². The number of rotatable bonds is 4. The largest absolute Gasteiger partial charge is 0.334 e. The first-order valence-electron chi connectivity index (χ1n) is 6.59. The SMILES string of the molecule is CN(Cc1ccccc1)Cn1ccc2ccccc21. The van der Waals surface area contributed by atoms with Crippen LogP contribution in [0, 0.1) is 0 Å². The lowest BCUT2D eigenvalue weighted by molar-refractivity contribution is 0.265. The van der Waals surface area contributed by atoms with Crippen LogP contribution in [0.3, 0.4) is 0 Å². The van der Waals surface area contributed by atoms with Gasteiger partial charge in [0, 0.05) is 18.3 Å². The highest BCUT2D eigenvalue weighted by molar-refractivity contribution is 5.79. The minimum atomic E-state index is 0.905. The maximum Gasteiger partial charge on any atom is 0.0751 e. The van der Waals surface area contributed by atoms with E-state index in [9.17, 15) is 0 Å². The predicted molar refractivity (Wildman–Crippen MR) is 79.8 cm³/mol. The third kappa shape index (κ3) is 2.69. The smallest absolute Gasteiger partial charge is 0.0751 e. The van der Waals surface area contributed by atoms with Gasteiger partial charge in [-0.2, -0.15) is 0 Å². The molecule has 2 heteroatoms. The Bertz CT molecular complexity index is 655. The van der Waals surface area contributed by atoms with Gasteiger partial charge in [0.15, 0.2) is 0 Å². The summed E-state index contributed by atoms with van der Waals surface area (Å²) in [6.07, 6.45) is 2.16. The number of hydrogen-bond acceptors (Lipinski definition) is 1. The van der Waals surface area contributed by atoms with Gasteiger partial charge in [-0.3, -0.25) is 4.90 Å². The van der Waals surface area contributed by atoms with E-state index in [1.165, 1.54) is 16.5 Å². The van der Waals surface area contributed by atoms with E-state index >= 15 is 0 Å². The van der Waals surface area contributed by atoms with Gasteiger partial charge in [-0.25, -0.2) is 0 Å². The minimum Gasteiger partial charge on any atom is -0.334 e. The summed E-state index contributed by atoms with van der Waals surface area (Å²) in [5.74, 6) is 0. The van der Waals surface area contributed by atoms with Crippen molar-refractivity contribution in [3.05, 3.63) is 72.4 Å². The van der Waals surface area contributed by atoms with E-state index in [1.54, 1.807) is 0 Å². The third-order valence-corrected chi connectivity index (χ3v) is 3.37. The van der Waals surface area contributed by atoms with Crippen LogP contribution in [-0.2, 0) is 13.2 Å². The van der Waals surface area contributed by atoms with Gasteiger partial charge in [0.1, 0.15) is 0 Å². The van der Waals surface area contributed by atoms with Gasteiger partial charge < -0.3 is 4.57 Å². The Balaban J connectivity index is 1.74. The molecule has 2 nitrogen and oxygen atoms in total. The van der Waals surface area contributed by atoms with E-state index in [0.29, 0.717) is 0 Å². The molecule has 0 aliphatic carbocycles. The average molecular weight is 250 g/mol. The van der Waals surface area contributed by atoms with Gasteiger partial charge in [0.2, 0.25) is 0 Å². The molecule has 0 aliphatic rings. The van der Waals surface area contributed by atoms with Crippen LogP contribution in [0.25, 0.3) is 10.9 Å². The van der Waals surface area contributed by atoms with Crippen molar-refractivity contribution in [1.29, 1.82) is 0 Å². The molecule has 0 bridgehead atoms. The molecule has 0 radical (unpaired) electrons. The van der Waals surface area contributed by atoms with Crippen LogP contribution < -0.4 is 0 Å². The minimum absolute atomic E-state index is 0.905.